The highest BCUT2D eigenvalue weighted by atomic mass is 35.5. The zero-order chi connectivity index (χ0) is 11.6. The molecule has 0 radical (unpaired) electrons. The maximum Gasteiger partial charge on any atom is 0.323 e. The van der Waals surface area contributed by atoms with Gasteiger partial charge in [0.05, 0.1) is 0 Å². The van der Waals surface area contributed by atoms with Crippen LogP contribution >= 0.6 is 12.4 Å². The molecule has 2 atom stereocenters. The molecule has 90 valence electrons. The molecule has 0 bridgehead atoms. The van der Waals surface area contributed by atoms with Crippen molar-refractivity contribution in [3.8, 4) is 11.5 Å². The van der Waals surface area contributed by atoms with Crippen LogP contribution in [0.25, 0.3) is 0 Å². The highest BCUT2D eigenvalue weighted by Gasteiger charge is 2.24. The summed E-state index contributed by atoms with van der Waals surface area (Å²) in [6.07, 6.45) is -1.44. The number of aliphatic hydroxyl groups is 1. The van der Waals surface area contributed by atoms with Crippen molar-refractivity contribution in [2.75, 3.05) is 0 Å². The highest BCUT2D eigenvalue weighted by molar-refractivity contribution is 5.85. The van der Waals surface area contributed by atoms with E-state index in [4.69, 9.17) is 21.1 Å². The van der Waals surface area contributed by atoms with E-state index in [1.165, 1.54) is 6.07 Å². The summed E-state index contributed by atoms with van der Waals surface area (Å²) in [5.74, 6) is -2.14. The van der Waals surface area contributed by atoms with E-state index in [2.05, 4.69) is 0 Å². The first kappa shape index (κ1) is 14.5. The van der Waals surface area contributed by atoms with Crippen molar-refractivity contribution in [2.45, 2.75) is 12.1 Å². The molecule has 0 aliphatic heterocycles. The van der Waals surface area contributed by atoms with Gasteiger partial charge in [-0.1, -0.05) is 6.07 Å². The molecule has 0 aliphatic carbocycles. The summed E-state index contributed by atoms with van der Waals surface area (Å²) in [7, 11) is 0. The smallest absolute Gasteiger partial charge is 0.323 e. The number of aromatic hydroxyl groups is 2. The van der Waals surface area contributed by atoms with Gasteiger partial charge >= 0.3 is 5.97 Å². The summed E-state index contributed by atoms with van der Waals surface area (Å²) in [4.78, 5) is 10.5. The quantitative estimate of drug-likeness (QED) is 0.479. The minimum Gasteiger partial charge on any atom is -0.504 e. The second-order valence-corrected chi connectivity index (χ2v) is 3.06. The maximum absolute atomic E-state index is 10.5. The lowest BCUT2D eigenvalue weighted by atomic mass is 10.0. The molecule has 0 amide bonds. The highest BCUT2D eigenvalue weighted by Crippen LogP contribution is 2.28. The first-order valence-electron chi connectivity index (χ1n) is 4.12. The van der Waals surface area contributed by atoms with Crippen molar-refractivity contribution < 1.29 is 25.2 Å². The Morgan fingerprint density at radius 1 is 1.25 bits per heavy atom. The zero-order valence-electron chi connectivity index (χ0n) is 8.07. The van der Waals surface area contributed by atoms with Gasteiger partial charge in [-0.15, -0.1) is 12.4 Å². The van der Waals surface area contributed by atoms with Gasteiger partial charge in [-0.2, -0.15) is 0 Å². The fraction of sp³-hybridized carbons (Fsp3) is 0.222. The number of rotatable bonds is 3. The molecule has 0 heterocycles. The van der Waals surface area contributed by atoms with Gasteiger partial charge in [0.15, 0.2) is 11.5 Å². The Morgan fingerprint density at radius 2 is 1.81 bits per heavy atom. The number of carboxylic acid groups (broad SMARTS) is 1. The monoisotopic (exact) mass is 249 g/mol. The molecule has 6 nitrogen and oxygen atoms in total. The van der Waals surface area contributed by atoms with E-state index in [-0.39, 0.29) is 23.7 Å². The van der Waals surface area contributed by atoms with E-state index in [1.54, 1.807) is 0 Å². The molecule has 1 aromatic carbocycles. The molecule has 1 rings (SSSR count). The normalized spacial score (nSPS) is 13.6. The van der Waals surface area contributed by atoms with Gasteiger partial charge in [0, 0.05) is 0 Å². The topological polar surface area (TPSA) is 124 Å². The molecule has 0 spiro atoms. The maximum atomic E-state index is 10.5. The van der Waals surface area contributed by atoms with Gasteiger partial charge in [-0.05, 0) is 17.7 Å². The number of phenols is 2. The predicted octanol–water partition coefficient (Wildman–Crippen LogP) is -0.0351. The average molecular weight is 250 g/mol. The predicted molar refractivity (Wildman–Crippen MR) is 57.6 cm³/mol. The number of carboxylic acids is 1. The molecule has 16 heavy (non-hydrogen) atoms. The molecule has 0 aromatic heterocycles. The lowest BCUT2D eigenvalue weighted by molar-refractivity contribution is -0.141. The van der Waals surface area contributed by atoms with Gasteiger partial charge in [0.2, 0.25) is 0 Å². The molecular weight excluding hydrogens is 238 g/mol. The summed E-state index contributed by atoms with van der Waals surface area (Å²) in [5, 5.41) is 36.1. The number of benzene rings is 1. The van der Waals surface area contributed by atoms with Gasteiger partial charge < -0.3 is 26.2 Å². The number of hydrogen-bond donors (Lipinski definition) is 5. The van der Waals surface area contributed by atoms with E-state index < -0.39 is 23.9 Å². The molecule has 0 saturated carbocycles. The standard InChI is InChI=1S/C9H11NO5.ClH/c10-7(9(14)15)8(13)4-1-2-5(11)6(12)3-4;/h1-3,7-8,11-13H,10H2,(H,14,15);1H/t7-,8+;/m0./s1. The number of phenolic OH excluding ortho intramolecular Hbond substituents is 2. The Bertz CT molecular complexity index is 384. The van der Waals surface area contributed by atoms with Crippen LogP contribution in [0.3, 0.4) is 0 Å². The van der Waals surface area contributed by atoms with Gasteiger partial charge in [-0.3, -0.25) is 4.79 Å². The number of carbonyl (C=O) groups is 1. The summed E-state index contributed by atoms with van der Waals surface area (Å²) in [5.41, 5.74) is 5.31. The summed E-state index contributed by atoms with van der Waals surface area (Å²) < 4.78 is 0. The second-order valence-electron chi connectivity index (χ2n) is 3.06. The van der Waals surface area contributed by atoms with Crippen LogP contribution in [0, 0.1) is 0 Å². The van der Waals surface area contributed by atoms with Crippen molar-refractivity contribution in [3.63, 3.8) is 0 Å². The van der Waals surface area contributed by atoms with Crippen LogP contribution in [0.5, 0.6) is 11.5 Å². The van der Waals surface area contributed by atoms with E-state index in [0.717, 1.165) is 12.1 Å². The van der Waals surface area contributed by atoms with Crippen molar-refractivity contribution in [2.24, 2.45) is 5.73 Å². The van der Waals surface area contributed by atoms with Crippen LogP contribution in [0.15, 0.2) is 18.2 Å². The van der Waals surface area contributed by atoms with E-state index in [1.807, 2.05) is 0 Å². The van der Waals surface area contributed by atoms with E-state index >= 15 is 0 Å². The largest absolute Gasteiger partial charge is 0.504 e. The van der Waals surface area contributed by atoms with E-state index in [0.29, 0.717) is 0 Å². The van der Waals surface area contributed by atoms with Crippen LogP contribution in [-0.2, 0) is 4.79 Å². The first-order valence-corrected chi connectivity index (χ1v) is 4.12. The third kappa shape index (κ3) is 2.99. The Hall–Kier alpha value is -1.50. The SMILES string of the molecule is Cl.N[C@H](C(=O)O)[C@H](O)c1ccc(O)c(O)c1. The van der Waals surface area contributed by atoms with Gasteiger partial charge in [0.1, 0.15) is 12.1 Å². The van der Waals surface area contributed by atoms with Crippen LogP contribution in [0.2, 0.25) is 0 Å². The molecule has 0 unspecified atom stereocenters. The molecule has 7 heteroatoms. The molecule has 0 fully saturated rings. The van der Waals surface area contributed by atoms with E-state index in [9.17, 15) is 9.90 Å². The second kappa shape index (κ2) is 5.55. The summed E-state index contributed by atoms with van der Waals surface area (Å²) in [6, 6.07) is 2.00. The van der Waals surface area contributed by atoms with Gasteiger partial charge in [0.25, 0.3) is 0 Å². The number of halogens is 1. The fourth-order valence-electron chi connectivity index (χ4n) is 1.07. The van der Waals surface area contributed by atoms with Crippen LogP contribution < -0.4 is 5.73 Å². The van der Waals surface area contributed by atoms with Gasteiger partial charge in [-0.25, -0.2) is 0 Å². The van der Waals surface area contributed by atoms with Crippen LogP contribution in [-0.4, -0.2) is 32.4 Å². The summed E-state index contributed by atoms with van der Waals surface area (Å²) >= 11 is 0. The molecular formula is C9H12ClNO5. The van der Waals surface area contributed by atoms with Crippen molar-refractivity contribution in [1.29, 1.82) is 0 Å². The number of hydrogen-bond acceptors (Lipinski definition) is 5. The van der Waals surface area contributed by atoms with Crippen LogP contribution in [0.4, 0.5) is 0 Å². The first-order chi connectivity index (χ1) is 6.93. The summed E-state index contributed by atoms with van der Waals surface area (Å²) in [6.45, 7) is 0. The molecule has 0 saturated heterocycles. The lowest BCUT2D eigenvalue weighted by Gasteiger charge is -2.15. The number of aliphatic carboxylic acids is 1. The Morgan fingerprint density at radius 3 is 2.25 bits per heavy atom. The average Bonchev–Trinajstić information content (AvgIpc) is 2.19. The molecule has 1 aromatic rings. The Labute approximate surface area is 97.4 Å². The Balaban J connectivity index is 0.00000225. The minimum absolute atomic E-state index is 0. The third-order valence-electron chi connectivity index (χ3n) is 1.97. The lowest BCUT2D eigenvalue weighted by Crippen LogP contribution is -2.36. The number of nitrogens with two attached hydrogens (primary N) is 1. The Kier molecular flexibility index (Phi) is 5.03. The molecule has 0 aliphatic rings. The number of aliphatic hydroxyl groups excluding tert-OH is 1. The molecule has 6 N–H and O–H groups in total. The minimum atomic E-state index is -1.48. The zero-order valence-corrected chi connectivity index (χ0v) is 8.89. The van der Waals surface area contributed by atoms with Crippen molar-refractivity contribution in [3.05, 3.63) is 23.8 Å². The van der Waals surface area contributed by atoms with Crippen molar-refractivity contribution in [1.82, 2.24) is 0 Å². The van der Waals surface area contributed by atoms with Crippen LogP contribution in [0.1, 0.15) is 11.7 Å². The third-order valence-corrected chi connectivity index (χ3v) is 1.97. The fourth-order valence-corrected chi connectivity index (χ4v) is 1.07. The van der Waals surface area contributed by atoms with Crippen molar-refractivity contribution >= 4 is 18.4 Å².